The minimum absolute atomic E-state index is 0.0981. The summed E-state index contributed by atoms with van der Waals surface area (Å²) in [5, 5.41) is 16.0. The zero-order chi connectivity index (χ0) is 16.5. The molecule has 5 nitrogen and oxygen atoms in total. The Labute approximate surface area is 139 Å². The number of rotatable bonds is 2. The molecule has 1 spiro atoms. The van der Waals surface area contributed by atoms with E-state index in [9.17, 15) is 10.1 Å². The molecule has 3 atom stereocenters. The number of fused-ring (bicyclic) bond motifs is 3. The molecule has 1 aromatic rings. The molecule has 0 N–H and O–H groups in total. The molecule has 2 fully saturated rings. The molecular weight excluding hydrogens is 312 g/mol. The van der Waals surface area contributed by atoms with E-state index in [1.54, 1.807) is 23.9 Å². The Morgan fingerprint density at radius 1 is 1.30 bits per heavy atom. The van der Waals surface area contributed by atoms with E-state index in [0.717, 1.165) is 17.0 Å². The van der Waals surface area contributed by atoms with Gasteiger partial charge in [-0.3, -0.25) is 10.1 Å². The molecule has 2 aliphatic carbocycles. The van der Waals surface area contributed by atoms with E-state index in [4.69, 9.17) is 4.84 Å². The average molecular weight is 332 g/mol. The molecule has 3 aliphatic rings. The monoisotopic (exact) mass is 332 g/mol. The summed E-state index contributed by atoms with van der Waals surface area (Å²) in [4.78, 5) is 16.2. The van der Waals surface area contributed by atoms with Crippen molar-refractivity contribution in [2.75, 3.05) is 0 Å². The number of nitrogens with zero attached hydrogens (tertiary/aromatic N) is 2. The predicted molar refractivity (Wildman–Crippen MR) is 90.3 cm³/mol. The van der Waals surface area contributed by atoms with E-state index in [2.05, 4.69) is 25.9 Å². The third-order valence-corrected chi connectivity index (χ3v) is 8.18. The van der Waals surface area contributed by atoms with Crippen molar-refractivity contribution >= 4 is 22.5 Å². The molecule has 122 valence electrons. The summed E-state index contributed by atoms with van der Waals surface area (Å²) in [6.07, 6.45) is 3.46. The van der Waals surface area contributed by atoms with E-state index < -0.39 is 0 Å². The molecule has 4 rings (SSSR count). The summed E-state index contributed by atoms with van der Waals surface area (Å²) >= 11 is 1.71. The zero-order valence-corrected chi connectivity index (χ0v) is 14.4. The molecule has 2 saturated carbocycles. The largest absolute Gasteiger partial charge is 0.376 e. The van der Waals surface area contributed by atoms with Gasteiger partial charge in [0.2, 0.25) is 0 Å². The fourth-order valence-corrected chi connectivity index (χ4v) is 6.21. The van der Waals surface area contributed by atoms with Crippen molar-refractivity contribution in [2.45, 2.75) is 45.0 Å². The van der Waals surface area contributed by atoms with E-state index >= 15 is 0 Å². The SMILES string of the molecule is CC1(C)[C@@H]2CC[C@@]1(C)[C@]1(C2)ON=C(c2ccc([N+](=O)[O-])cc2)S1. The highest BCUT2D eigenvalue weighted by atomic mass is 32.2. The van der Waals surface area contributed by atoms with Gasteiger partial charge < -0.3 is 4.84 Å². The molecule has 0 radical (unpaired) electrons. The Balaban J connectivity index is 1.61. The highest BCUT2D eigenvalue weighted by molar-refractivity contribution is 8.15. The first kappa shape index (κ1) is 15.0. The quantitative estimate of drug-likeness (QED) is 0.588. The van der Waals surface area contributed by atoms with Crippen molar-refractivity contribution < 1.29 is 9.76 Å². The topological polar surface area (TPSA) is 64.7 Å². The van der Waals surface area contributed by atoms with Crippen molar-refractivity contribution in [2.24, 2.45) is 21.9 Å². The number of thioether (sulfide) groups is 1. The second-order valence-electron chi connectivity index (χ2n) is 7.64. The van der Waals surface area contributed by atoms with Gasteiger partial charge in [-0.15, -0.1) is 0 Å². The molecule has 23 heavy (non-hydrogen) atoms. The maximum atomic E-state index is 10.8. The normalized spacial score (nSPS) is 37.0. The van der Waals surface area contributed by atoms with Crippen LogP contribution in [-0.2, 0) is 4.84 Å². The fraction of sp³-hybridized carbons (Fsp3) is 0.588. The number of non-ortho nitro benzene ring substituents is 1. The van der Waals surface area contributed by atoms with Crippen molar-refractivity contribution in [3.05, 3.63) is 39.9 Å². The third-order valence-electron chi connectivity index (χ3n) is 6.65. The molecule has 1 aromatic carbocycles. The summed E-state index contributed by atoms with van der Waals surface area (Å²) in [7, 11) is 0. The number of benzene rings is 1. The van der Waals surface area contributed by atoms with Gasteiger partial charge in [0.25, 0.3) is 5.69 Å². The molecule has 0 aromatic heterocycles. The van der Waals surface area contributed by atoms with Gasteiger partial charge in [-0.2, -0.15) is 0 Å². The number of nitro groups is 1. The van der Waals surface area contributed by atoms with Crippen molar-refractivity contribution in [1.29, 1.82) is 0 Å². The van der Waals surface area contributed by atoms with Crippen LogP contribution >= 0.6 is 11.8 Å². The Hall–Kier alpha value is -1.56. The number of hydrogen-bond acceptors (Lipinski definition) is 5. The molecule has 2 bridgehead atoms. The number of oxime groups is 1. The Morgan fingerprint density at radius 3 is 2.52 bits per heavy atom. The van der Waals surface area contributed by atoms with Gasteiger partial charge in [-0.1, -0.05) is 37.7 Å². The lowest BCUT2D eigenvalue weighted by Gasteiger charge is -2.43. The lowest BCUT2D eigenvalue weighted by atomic mass is 9.69. The highest BCUT2D eigenvalue weighted by Gasteiger charge is 2.72. The lowest BCUT2D eigenvalue weighted by Crippen LogP contribution is -2.44. The van der Waals surface area contributed by atoms with Crippen LogP contribution < -0.4 is 0 Å². The van der Waals surface area contributed by atoms with Gasteiger partial charge in [0, 0.05) is 29.5 Å². The van der Waals surface area contributed by atoms with Gasteiger partial charge in [0.15, 0.2) is 4.93 Å². The smallest absolute Gasteiger partial charge is 0.269 e. The van der Waals surface area contributed by atoms with E-state index in [1.165, 1.54) is 25.0 Å². The van der Waals surface area contributed by atoms with Crippen LogP contribution in [0.25, 0.3) is 0 Å². The maximum absolute atomic E-state index is 10.8. The molecule has 1 aliphatic heterocycles. The second kappa shape index (κ2) is 4.50. The molecule has 0 saturated heterocycles. The second-order valence-corrected chi connectivity index (χ2v) is 8.89. The fourth-order valence-electron chi connectivity index (χ4n) is 4.62. The van der Waals surface area contributed by atoms with Crippen LogP contribution in [0.2, 0.25) is 0 Å². The first-order valence-electron chi connectivity index (χ1n) is 7.99. The van der Waals surface area contributed by atoms with Crippen molar-refractivity contribution in [1.82, 2.24) is 0 Å². The first-order valence-corrected chi connectivity index (χ1v) is 8.81. The highest BCUT2D eigenvalue weighted by Crippen LogP contribution is 2.74. The molecule has 1 heterocycles. The first-order chi connectivity index (χ1) is 10.8. The average Bonchev–Trinajstić information content (AvgIpc) is 3.08. The molecule has 6 heteroatoms. The van der Waals surface area contributed by atoms with Crippen LogP contribution in [0.1, 0.15) is 45.6 Å². The van der Waals surface area contributed by atoms with Crippen LogP contribution in [0.3, 0.4) is 0 Å². The van der Waals surface area contributed by atoms with Crippen LogP contribution in [0.4, 0.5) is 5.69 Å². The lowest BCUT2D eigenvalue weighted by molar-refractivity contribution is -0.384. The van der Waals surface area contributed by atoms with Crippen LogP contribution in [-0.4, -0.2) is 14.9 Å². The molecule has 0 unspecified atom stereocenters. The minimum atomic E-state index is -0.384. The zero-order valence-electron chi connectivity index (χ0n) is 13.5. The van der Waals surface area contributed by atoms with Gasteiger partial charge in [0.05, 0.1) is 4.92 Å². The Bertz CT molecular complexity index is 715. The molecular formula is C17H20N2O3S. The minimum Gasteiger partial charge on any atom is -0.376 e. The van der Waals surface area contributed by atoms with Gasteiger partial charge >= 0.3 is 0 Å². The van der Waals surface area contributed by atoms with E-state index in [0.29, 0.717) is 5.92 Å². The summed E-state index contributed by atoms with van der Waals surface area (Å²) in [5.74, 6) is 0.673. The Kier molecular flexibility index (Phi) is 2.93. The Morgan fingerprint density at radius 2 is 2.00 bits per heavy atom. The predicted octanol–water partition coefficient (Wildman–Crippen LogP) is 4.56. The van der Waals surface area contributed by atoms with Gasteiger partial charge in [-0.05, 0) is 36.3 Å². The summed E-state index contributed by atoms with van der Waals surface area (Å²) < 4.78 is 0. The van der Waals surface area contributed by atoms with Gasteiger partial charge in [0.1, 0.15) is 5.04 Å². The van der Waals surface area contributed by atoms with Crippen molar-refractivity contribution in [3.63, 3.8) is 0 Å². The van der Waals surface area contributed by atoms with Gasteiger partial charge in [-0.25, -0.2) is 0 Å². The van der Waals surface area contributed by atoms with E-state index in [-0.39, 0.29) is 26.4 Å². The maximum Gasteiger partial charge on any atom is 0.269 e. The number of nitro benzene ring substituents is 1. The van der Waals surface area contributed by atoms with Crippen molar-refractivity contribution in [3.8, 4) is 0 Å². The van der Waals surface area contributed by atoms with Crippen LogP contribution in [0, 0.1) is 26.9 Å². The standard InChI is InChI=1S/C17H20N2O3S/c1-15(2)12-8-9-16(15,3)17(10-12)22-18-14(23-17)11-4-6-13(7-5-11)19(20)21/h4-7,12H,8-10H2,1-3H3/t12-,16-,17-/m1/s1. The number of hydrogen-bond donors (Lipinski definition) is 0. The summed E-state index contributed by atoms with van der Waals surface area (Å²) in [5.41, 5.74) is 1.34. The van der Waals surface area contributed by atoms with Crippen LogP contribution in [0.5, 0.6) is 0 Å². The molecule has 0 amide bonds. The third kappa shape index (κ3) is 1.78. The summed E-state index contributed by atoms with van der Waals surface area (Å²) in [6.45, 7) is 7.04. The summed E-state index contributed by atoms with van der Waals surface area (Å²) in [6, 6.07) is 6.56. The van der Waals surface area contributed by atoms with E-state index in [1.807, 2.05) is 0 Å². The van der Waals surface area contributed by atoms with Crippen LogP contribution in [0.15, 0.2) is 29.4 Å².